The van der Waals surface area contributed by atoms with Gasteiger partial charge in [-0.25, -0.2) is 0 Å². The largest absolute Gasteiger partial charge is 0.354 e. The summed E-state index contributed by atoms with van der Waals surface area (Å²) >= 11 is 0. The first-order valence-corrected chi connectivity index (χ1v) is 9.01. The number of benzene rings is 1. The Balaban J connectivity index is 1.54. The highest BCUT2D eigenvalue weighted by atomic mass is 16.2. The number of hydrogen-bond donors (Lipinski definition) is 1. The standard InChI is InChI=1S/C20H21N5O2/c1-2-3-9-20(23-24-20)10-11-22-19(27)17-7-8-18(26)25(17)14-16-6-4-5-15(12-16)13-21/h1,4-6,12,17H,3,7-11,14H2,(H,22,27). The first kappa shape index (κ1) is 18.6. The van der Waals surface area contributed by atoms with Crippen LogP contribution in [0, 0.1) is 23.7 Å². The van der Waals surface area contributed by atoms with E-state index in [1.165, 1.54) is 0 Å². The molecule has 1 saturated heterocycles. The molecule has 1 aromatic carbocycles. The summed E-state index contributed by atoms with van der Waals surface area (Å²) in [7, 11) is 0. The second-order valence-corrected chi connectivity index (χ2v) is 6.82. The summed E-state index contributed by atoms with van der Waals surface area (Å²) in [5.41, 5.74) is 0.947. The SMILES string of the molecule is C#CCCC1(CCNC(=O)C2CCC(=O)N2Cc2cccc(C#N)c2)N=N1. The molecule has 0 saturated carbocycles. The highest BCUT2D eigenvalue weighted by Crippen LogP contribution is 2.36. The number of rotatable bonds is 8. The lowest BCUT2D eigenvalue weighted by atomic mass is 10.0. The topological polar surface area (TPSA) is 97.9 Å². The lowest BCUT2D eigenvalue weighted by Gasteiger charge is -2.24. The van der Waals surface area contributed by atoms with Crippen molar-refractivity contribution >= 4 is 11.8 Å². The molecule has 7 nitrogen and oxygen atoms in total. The van der Waals surface area contributed by atoms with Crippen LogP contribution in [0.4, 0.5) is 0 Å². The van der Waals surface area contributed by atoms with E-state index in [1.807, 2.05) is 6.07 Å². The fourth-order valence-electron chi connectivity index (χ4n) is 3.31. The first-order valence-electron chi connectivity index (χ1n) is 9.01. The van der Waals surface area contributed by atoms with Gasteiger partial charge in [-0.15, -0.1) is 12.3 Å². The van der Waals surface area contributed by atoms with Crippen molar-refractivity contribution in [2.24, 2.45) is 10.2 Å². The van der Waals surface area contributed by atoms with Crippen LogP contribution in [0.25, 0.3) is 0 Å². The maximum absolute atomic E-state index is 12.6. The van der Waals surface area contributed by atoms with Gasteiger partial charge in [-0.2, -0.15) is 15.5 Å². The molecule has 1 fully saturated rings. The second-order valence-electron chi connectivity index (χ2n) is 6.82. The zero-order chi connectivity index (χ0) is 19.3. The maximum Gasteiger partial charge on any atom is 0.242 e. The van der Waals surface area contributed by atoms with E-state index >= 15 is 0 Å². The van der Waals surface area contributed by atoms with E-state index in [0.717, 1.165) is 5.56 Å². The number of nitrogens with one attached hydrogen (secondary N) is 1. The summed E-state index contributed by atoms with van der Waals surface area (Å²) < 4.78 is 0. The lowest BCUT2D eigenvalue weighted by Crippen LogP contribution is -2.45. The van der Waals surface area contributed by atoms with E-state index < -0.39 is 11.7 Å². The van der Waals surface area contributed by atoms with Crippen molar-refractivity contribution in [2.45, 2.75) is 50.4 Å². The predicted octanol–water partition coefficient (Wildman–Crippen LogP) is 2.13. The summed E-state index contributed by atoms with van der Waals surface area (Å²) in [5.74, 6) is 2.37. The van der Waals surface area contributed by atoms with Gasteiger partial charge in [0.05, 0.1) is 11.6 Å². The van der Waals surface area contributed by atoms with Gasteiger partial charge in [0.15, 0.2) is 5.66 Å². The van der Waals surface area contributed by atoms with E-state index in [-0.39, 0.29) is 11.8 Å². The Hall–Kier alpha value is -3.19. The van der Waals surface area contributed by atoms with Crippen molar-refractivity contribution in [3.8, 4) is 18.4 Å². The predicted molar refractivity (Wildman–Crippen MR) is 98.0 cm³/mol. The molecule has 0 aromatic heterocycles. The Morgan fingerprint density at radius 2 is 2.22 bits per heavy atom. The smallest absolute Gasteiger partial charge is 0.242 e. The average molecular weight is 363 g/mol. The molecule has 138 valence electrons. The highest BCUT2D eigenvalue weighted by Gasteiger charge is 2.40. The van der Waals surface area contributed by atoms with Crippen LogP contribution >= 0.6 is 0 Å². The quantitative estimate of drug-likeness (QED) is 0.716. The molecule has 27 heavy (non-hydrogen) atoms. The average Bonchev–Trinajstić information content (AvgIpc) is 3.36. The van der Waals surface area contributed by atoms with Gasteiger partial charge in [-0.05, 0) is 24.1 Å². The zero-order valence-corrected chi connectivity index (χ0v) is 15.0. The lowest BCUT2D eigenvalue weighted by molar-refractivity contribution is -0.135. The molecular weight excluding hydrogens is 342 g/mol. The van der Waals surface area contributed by atoms with E-state index in [1.54, 1.807) is 23.1 Å². The van der Waals surface area contributed by atoms with E-state index in [4.69, 9.17) is 11.7 Å². The fourth-order valence-corrected chi connectivity index (χ4v) is 3.31. The number of nitriles is 1. The van der Waals surface area contributed by atoms with E-state index in [0.29, 0.717) is 50.8 Å². The summed E-state index contributed by atoms with van der Waals surface area (Å²) in [6, 6.07) is 8.69. The molecule has 0 spiro atoms. The second kappa shape index (κ2) is 8.01. The molecule has 1 unspecified atom stereocenters. The van der Waals surface area contributed by atoms with Crippen molar-refractivity contribution in [2.75, 3.05) is 6.54 Å². The molecule has 3 rings (SSSR count). The Labute approximate surface area is 158 Å². The van der Waals surface area contributed by atoms with Crippen LogP contribution in [-0.4, -0.2) is 35.0 Å². The third-order valence-electron chi connectivity index (χ3n) is 4.92. The molecule has 2 amide bonds. The van der Waals surface area contributed by atoms with Crippen molar-refractivity contribution < 1.29 is 9.59 Å². The van der Waals surface area contributed by atoms with Crippen molar-refractivity contribution in [1.82, 2.24) is 10.2 Å². The molecule has 1 atom stereocenters. The number of hydrogen-bond acceptors (Lipinski definition) is 5. The third kappa shape index (κ3) is 4.51. The molecule has 0 bridgehead atoms. The number of nitrogens with zero attached hydrogens (tertiary/aromatic N) is 4. The number of carbonyl (C=O) groups excluding carboxylic acids is 2. The van der Waals surface area contributed by atoms with E-state index in [2.05, 4.69) is 27.5 Å². The van der Waals surface area contributed by atoms with Crippen molar-refractivity contribution in [3.63, 3.8) is 0 Å². The summed E-state index contributed by atoms with van der Waals surface area (Å²) in [6.45, 7) is 0.766. The van der Waals surface area contributed by atoms with Gasteiger partial charge in [0.25, 0.3) is 0 Å². The summed E-state index contributed by atoms with van der Waals surface area (Å²) in [5, 5.41) is 20.0. The van der Waals surface area contributed by atoms with E-state index in [9.17, 15) is 9.59 Å². The van der Waals surface area contributed by atoms with Gasteiger partial charge in [-0.1, -0.05) is 12.1 Å². The Bertz CT molecular complexity index is 843. The molecular formula is C20H21N5O2. The first-order chi connectivity index (χ1) is 13.1. The normalized spacial score (nSPS) is 19.4. The molecule has 1 N–H and O–H groups in total. The molecule has 0 aliphatic carbocycles. The maximum atomic E-state index is 12.6. The van der Waals surface area contributed by atoms with Crippen molar-refractivity contribution in [3.05, 3.63) is 35.4 Å². The number of amides is 2. The number of terminal acetylenes is 1. The minimum absolute atomic E-state index is 0.0461. The molecule has 7 heteroatoms. The molecule has 1 aromatic rings. The number of likely N-dealkylation sites (tertiary alicyclic amines) is 1. The van der Waals surface area contributed by atoms with Crippen LogP contribution in [0.2, 0.25) is 0 Å². The third-order valence-corrected chi connectivity index (χ3v) is 4.92. The molecule has 2 aliphatic rings. The van der Waals surface area contributed by atoms with Gasteiger partial charge < -0.3 is 10.2 Å². The minimum Gasteiger partial charge on any atom is -0.354 e. The van der Waals surface area contributed by atoms with Crippen LogP contribution in [0.3, 0.4) is 0 Å². The Kier molecular flexibility index (Phi) is 5.52. The molecule has 0 radical (unpaired) electrons. The van der Waals surface area contributed by atoms with Crippen LogP contribution in [0.5, 0.6) is 0 Å². The Morgan fingerprint density at radius 1 is 1.41 bits per heavy atom. The molecule has 2 aliphatic heterocycles. The summed E-state index contributed by atoms with van der Waals surface area (Å²) in [4.78, 5) is 26.4. The molecule has 2 heterocycles. The summed E-state index contributed by atoms with van der Waals surface area (Å²) in [6.07, 6.45) is 8.05. The van der Waals surface area contributed by atoms with Gasteiger partial charge in [0.2, 0.25) is 11.8 Å². The van der Waals surface area contributed by atoms with Crippen molar-refractivity contribution in [1.29, 1.82) is 5.26 Å². The highest BCUT2D eigenvalue weighted by molar-refractivity contribution is 5.90. The van der Waals surface area contributed by atoms with Crippen LogP contribution in [0.15, 0.2) is 34.5 Å². The van der Waals surface area contributed by atoms with Gasteiger partial charge in [0.1, 0.15) is 6.04 Å². The fraction of sp³-hybridized carbons (Fsp3) is 0.450. The minimum atomic E-state index is -0.488. The van der Waals surface area contributed by atoms with Gasteiger partial charge >= 0.3 is 0 Å². The Morgan fingerprint density at radius 3 is 2.93 bits per heavy atom. The monoisotopic (exact) mass is 363 g/mol. The van der Waals surface area contributed by atoms with Gasteiger partial charge in [-0.3, -0.25) is 9.59 Å². The van der Waals surface area contributed by atoms with Gasteiger partial charge in [0, 0.05) is 38.8 Å². The number of carbonyl (C=O) groups is 2. The zero-order valence-electron chi connectivity index (χ0n) is 15.0. The van der Waals surface area contributed by atoms with Crippen LogP contribution in [-0.2, 0) is 16.1 Å². The van der Waals surface area contributed by atoms with Crippen LogP contribution < -0.4 is 5.32 Å². The van der Waals surface area contributed by atoms with Crippen LogP contribution in [0.1, 0.15) is 43.2 Å².